The van der Waals surface area contributed by atoms with Gasteiger partial charge in [0, 0.05) is 42.4 Å². The predicted molar refractivity (Wildman–Crippen MR) is 84.4 cm³/mol. The second-order valence-electron chi connectivity index (χ2n) is 6.77. The van der Waals surface area contributed by atoms with Crippen LogP contribution in [0.2, 0.25) is 0 Å². The number of nitrogens with zero attached hydrogens (tertiary/aromatic N) is 1. The highest BCUT2D eigenvalue weighted by Gasteiger charge is 2.42. The zero-order valence-corrected chi connectivity index (χ0v) is 12.8. The second-order valence-corrected chi connectivity index (χ2v) is 6.77. The van der Waals surface area contributed by atoms with Gasteiger partial charge in [-0.2, -0.15) is 0 Å². The summed E-state index contributed by atoms with van der Waals surface area (Å²) in [4.78, 5) is 2.29. The largest absolute Gasteiger partial charge is 0.508 e. The van der Waals surface area contributed by atoms with Crippen molar-refractivity contribution in [2.24, 2.45) is 11.7 Å². The molecule has 0 spiro atoms. The third-order valence-corrected chi connectivity index (χ3v) is 5.30. The zero-order valence-electron chi connectivity index (χ0n) is 12.8. The van der Waals surface area contributed by atoms with Crippen LogP contribution in [-0.2, 0) is 0 Å². The Morgan fingerprint density at radius 3 is 2.86 bits per heavy atom. The van der Waals surface area contributed by atoms with Crippen LogP contribution in [0.4, 0.5) is 5.69 Å². The van der Waals surface area contributed by atoms with Crippen LogP contribution in [0.25, 0.3) is 0 Å². The average Bonchev–Trinajstić information content (AvgIpc) is 2.45. The van der Waals surface area contributed by atoms with Crippen LogP contribution in [0, 0.1) is 5.92 Å². The van der Waals surface area contributed by atoms with Gasteiger partial charge in [0.05, 0.1) is 5.60 Å². The molecule has 4 N–H and O–H groups in total. The molecular formula is C17H26N2O2. The highest BCUT2D eigenvalue weighted by molar-refractivity contribution is 5.54. The number of benzene rings is 1. The van der Waals surface area contributed by atoms with Gasteiger partial charge in [-0.1, -0.05) is 18.9 Å². The lowest BCUT2D eigenvalue weighted by molar-refractivity contribution is -0.0612. The number of aromatic hydroxyl groups is 1. The van der Waals surface area contributed by atoms with Crippen LogP contribution in [0.5, 0.6) is 5.75 Å². The van der Waals surface area contributed by atoms with Crippen LogP contribution in [0.1, 0.15) is 50.6 Å². The molecule has 0 aromatic heterocycles. The van der Waals surface area contributed by atoms with E-state index in [4.69, 9.17) is 5.73 Å². The summed E-state index contributed by atoms with van der Waals surface area (Å²) in [5, 5.41) is 20.9. The molecular weight excluding hydrogens is 264 g/mol. The summed E-state index contributed by atoms with van der Waals surface area (Å²) in [6.07, 6.45) is 5.25. The monoisotopic (exact) mass is 290 g/mol. The van der Waals surface area contributed by atoms with Crippen molar-refractivity contribution < 1.29 is 10.2 Å². The fraction of sp³-hybridized carbons (Fsp3) is 0.647. The highest BCUT2D eigenvalue weighted by Crippen LogP contribution is 2.41. The van der Waals surface area contributed by atoms with Crippen molar-refractivity contribution in [1.82, 2.24) is 0 Å². The van der Waals surface area contributed by atoms with Gasteiger partial charge < -0.3 is 20.8 Å². The minimum absolute atomic E-state index is 0.163. The molecule has 0 amide bonds. The molecule has 4 nitrogen and oxygen atoms in total. The van der Waals surface area contributed by atoms with Crippen LogP contribution in [0.15, 0.2) is 18.2 Å². The lowest BCUT2D eigenvalue weighted by Gasteiger charge is -2.48. The van der Waals surface area contributed by atoms with Crippen molar-refractivity contribution in [3.8, 4) is 5.75 Å². The molecule has 0 radical (unpaired) electrons. The van der Waals surface area contributed by atoms with Crippen molar-refractivity contribution in [3.05, 3.63) is 23.8 Å². The van der Waals surface area contributed by atoms with Crippen molar-refractivity contribution in [2.45, 2.75) is 50.7 Å². The first kappa shape index (κ1) is 14.7. The summed E-state index contributed by atoms with van der Waals surface area (Å²) >= 11 is 0. The first-order valence-corrected chi connectivity index (χ1v) is 8.05. The van der Waals surface area contributed by atoms with Crippen molar-refractivity contribution in [3.63, 3.8) is 0 Å². The zero-order chi connectivity index (χ0) is 15.0. The first-order chi connectivity index (χ1) is 9.99. The first-order valence-electron chi connectivity index (χ1n) is 8.05. The number of anilines is 1. The maximum atomic E-state index is 10.7. The van der Waals surface area contributed by atoms with E-state index in [-0.39, 0.29) is 11.8 Å². The Morgan fingerprint density at radius 2 is 2.14 bits per heavy atom. The molecule has 2 fully saturated rings. The van der Waals surface area contributed by atoms with Gasteiger partial charge in [0.15, 0.2) is 0 Å². The third kappa shape index (κ3) is 2.74. The molecule has 2 aliphatic rings. The van der Waals surface area contributed by atoms with Crippen LogP contribution >= 0.6 is 0 Å². The summed E-state index contributed by atoms with van der Waals surface area (Å²) in [5.41, 5.74) is 7.20. The molecule has 1 saturated carbocycles. The van der Waals surface area contributed by atoms with Gasteiger partial charge in [-0.05, 0) is 32.3 Å². The van der Waals surface area contributed by atoms with Gasteiger partial charge >= 0.3 is 0 Å². The molecule has 1 aromatic rings. The van der Waals surface area contributed by atoms with Gasteiger partial charge in [0.2, 0.25) is 0 Å². The summed E-state index contributed by atoms with van der Waals surface area (Å²) in [7, 11) is 0. The second kappa shape index (κ2) is 5.50. The minimum Gasteiger partial charge on any atom is -0.508 e. The Balaban J connectivity index is 1.78. The molecule has 0 bridgehead atoms. The number of nitrogens with two attached hydrogens (primary N) is 1. The van der Waals surface area contributed by atoms with Crippen LogP contribution in [-0.4, -0.2) is 28.9 Å². The standard InChI is InChI=1S/C17H26N2O2/c1-12(18)15-6-5-14(10-16(15)20)19-9-8-17(21)7-3-2-4-13(17)11-19/h5-6,10,12-13,20-21H,2-4,7-9,11,18H2,1H3. The van der Waals surface area contributed by atoms with E-state index in [1.807, 2.05) is 25.1 Å². The summed E-state index contributed by atoms with van der Waals surface area (Å²) in [5.74, 6) is 0.627. The predicted octanol–water partition coefficient (Wildman–Crippen LogP) is 2.54. The Kier molecular flexibility index (Phi) is 3.84. The Bertz CT molecular complexity index is 518. The quantitative estimate of drug-likeness (QED) is 0.783. The fourth-order valence-electron chi connectivity index (χ4n) is 3.92. The molecule has 1 saturated heterocycles. The van der Waals surface area contributed by atoms with E-state index in [0.29, 0.717) is 5.92 Å². The van der Waals surface area contributed by atoms with E-state index >= 15 is 0 Å². The molecule has 3 atom stereocenters. The number of aliphatic hydroxyl groups is 1. The maximum Gasteiger partial charge on any atom is 0.122 e. The summed E-state index contributed by atoms with van der Waals surface area (Å²) < 4.78 is 0. The SMILES string of the molecule is CC(N)c1ccc(N2CCC3(O)CCCCC3C2)cc1O. The minimum atomic E-state index is -0.456. The van der Waals surface area contributed by atoms with Gasteiger partial charge in [0.1, 0.15) is 5.75 Å². The molecule has 1 heterocycles. The number of fused-ring (bicyclic) bond motifs is 1. The van der Waals surface area contributed by atoms with Gasteiger partial charge in [-0.3, -0.25) is 0 Å². The molecule has 3 unspecified atom stereocenters. The maximum absolute atomic E-state index is 10.7. The molecule has 3 rings (SSSR count). The van der Waals surface area contributed by atoms with E-state index in [1.54, 1.807) is 0 Å². The molecule has 1 aromatic carbocycles. The van der Waals surface area contributed by atoms with Gasteiger partial charge in [-0.25, -0.2) is 0 Å². The number of rotatable bonds is 2. The normalized spacial score (nSPS) is 30.8. The van der Waals surface area contributed by atoms with Gasteiger partial charge in [0.25, 0.3) is 0 Å². The molecule has 21 heavy (non-hydrogen) atoms. The van der Waals surface area contributed by atoms with Gasteiger partial charge in [-0.15, -0.1) is 0 Å². The van der Waals surface area contributed by atoms with E-state index in [9.17, 15) is 10.2 Å². The molecule has 116 valence electrons. The lowest BCUT2D eigenvalue weighted by atomic mass is 9.71. The number of hydrogen-bond acceptors (Lipinski definition) is 4. The fourth-order valence-corrected chi connectivity index (χ4v) is 3.92. The van der Waals surface area contributed by atoms with Crippen molar-refractivity contribution >= 4 is 5.69 Å². The molecule has 4 heteroatoms. The third-order valence-electron chi connectivity index (χ3n) is 5.30. The molecule has 1 aliphatic heterocycles. The topological polar surface area (TPSA) is 69.7 Å². The number of hydrogen-bond donors (Lipinski definition) is 3. The Labute approximate surface area is 126 Å². The Hall–Kier alpha value is -1.26. The summed E-state index contributed by atoms with van der Waals surface area (Å²) in [6.45, 7) is 3.61. The number of phenols is 1. The smallest absolute Gasteiger partial charge is 0.122 e. The Morgan fingerprint density at radius 1 is 1.33 bits per heavy atom. The average molecular weight is 290 g/mol. The van der Waals surface area contributed by atoms with Crippen molar-refractivity contribution in [2.75, 3.05) is 18.0 Å². The van der Waals surface area contributed by atoms with E-state index in [1.165, 1.54) is 6.42 Å². The number of piperidine rings is 1. The highest BCUT2D eigenvalue weighted by atomic mass is 16.3. The van der Waals surface area contributed by atoms with Crippen molar-refractivity contribution in [1.29, 1.82) is 0 Å². The van der Waals surface area contributed by atoms with E-state index in [0.717, 1.165) is 50.0 Å². The number of phenolic OH excluding ortho intramolecular Hbond substituents is 1. The van der Waals surface area contributed by atoms with Crippen LogP contribution in [0.3, 0.4) is 0 Å². The van der Waals surface area contributed by atoms with E-state index < -0.39 is 5.60 Å². The lowest BCUT2D eigenvalue weighted by Crippen LogP contribution is -2.53. The summed E-state index contributed by atoms with van der Waals surface area (Å²) in [6, 6.07) is 5.60. The molecule has 1 aliphatic carbocycles. The van der Waals surface area contributed by atoms with Crippen LogP contribution < -0.4 is 10.6 Å². The van der Waals surface area contributed by atoms with E-state index in [2.05, 4.69) is 4.90 Å².